The second-order valence-corrected chi connectivity index (χ2v) is 6.72. The number of carbonyl (C=O) groups excluding carboxylic acids is 1. The predicted molar refractivity (Wildman–Crippen MR) is 94.7 cm³/mol. The minimum absolute atomic E-state index is 0.124. The normalized spacial score (nSPS) is 11.1. The summed E-state index contributed by atoms with van der Waals surface area (Å²) in [6.45, 7) is 4.08. The number of anilines is 1. The quantitative estimate of drug-likeness (QED) is 0.437. The Morgan fingerprint density at radius 1 is 1.29 bits per heavy atom. The maximum absolute atomic E-state index is 12.7. The number of nitrogen functional groups attached to an aromatic ring is 1. The Bertz CT molecular complexity index is 963. The fourth-order valence-electron chi connectivity index (χ4n) is 2.39. The summed E-state index contributed by atoms with van der Waals surface area (Å²) in [5.74, 6) is -0.0565. The van der Waals surface area contributed by atoms with E-state index in [1.54, 1.807) is 6.07 Å². The van der Waals surface area contributed by atoms with Crippen LogP contribution >= 0.6 is 11.3 Å². The molecule has 7 heteroatoms. The van der Waals surface area contributed by atoms with Gasteiger partial charge in [-0.05, 0) is 18.1 Å². The van der Waals surface area contributed by atoms with Gasteiger partial charge in [0.05, 0.1) is 10.6 Å². The number of carbonyl (C=O) groups is 1. The smallest absolute Gasteiger partial charge is 0.270 e. The van der Waals surface area contributed by atoms with Crippen LogP contribution in [-0.4, -0.2) is 15.7 Å². The van der Waals surface area contributed by atoms with Crippen LogP contribution in [-0.2, 0) is 0 Å². The van der Waals surface area contributed by atoms with Gasteiger partial charge in [-0.1, -0.05) is 26.0 Å². The Hall–Kier alpha value is -2.80. The average molecular weight is 341 g/mol. The molecule has 0 amide bonds. The standard InChI is InChI=1S/C17H15N3O3S/c1-9(2)13-7-6-12-14(18)16(24-17(12)19-13)15(21)10-4-3-5-11(8-10)20(22)23/h3-9H,18H2,1-2H3. The molecule has 1 aromatic carbocycles. The molecule has 24 heavy (non-hydrogen) atoms. The van der Waals surface area contributed by atoms with Crippen molar-refractivity contribution in [3.05, 3.63) is 62.6 Å². The summed E-state index contributed by atoms with van der Waals surface area (Å²) in [4.78, 5) is 28.7. The van der Waals surface area contributed by atoms with Gasteiger partial charge < -0.3 is 5.73 Å². The number of pyridine rings is 1. The van der Waals surface area contributed by atoms with Crippen molar-refractivity contribution in [2.75, 3.05) is 5.73 Å². The molecule has 0 radical (unpaired) electrons. The molecule has 0 bridgehead atoms. The molecule has 0 fully saturated rings. The molecule has 0 spiro atoms. The third-order valence-electron chi connectivity index (χ3n) is 3.73. The number of thiophene rings is 1. The number of aromatic nitrogens is 1. The number of ketones is 1. The molecule has 0 aliphatic carbocycles. The monoisotopic (exact) mass is 341 g/mol. The average Bonchev–Trinajstić information content (AvgIpc) is 2.90. The Morgan fingerprint density at radius 2 is 2.04 bits per heavy atom. The maximum atomic E-state index is 12.7. The van der Waals surface area contributed by atoms with E-state index in [0.717, 1.165) is 11.1 Å². The van der Waals surface area contributed by atoms with Crippen LogP contribution < -0.4 is 5.73 Å². The molecule has 2 N–H and O–H groups in total. The van der Waals surface area contributed by atoms with E-state index in [-0.39, 0.29) is 23.0 Å². The number of benzene rings is 1. The van der Waals surface area contributed by atoms with E-state index < -0.39 is 4.92 Å². The highest BCUT2D eigenvalue weighted by Crippen LogP contribution is 2.35. The highest BCUT2D eigenvalue weighted by Gasteiger charge is 2.20. The molecule has 0 aliphatic heterocycles. The minimum atomic E-state index is -0.526. The lowest BCUT2D eigenvalue weighted by Gasteiger charge is -2.03. The second-order valence-electron chi connectivity index (χ2n) is 5.72. The highest BCUT2D eigenvalue weighted by atomic mass is 32.1. The number of non-ortho nitro benzene ring substituents is 1. The van der Waals surface area contributed by atoms with Crippen molar-refractivity contribution in [3.8, 4) is 0 Å². The number of nitrogens with zero attached hydrogens (tertiary/aromatic N) is 2. The zero-order chi connectivity index (χ0) is 17.4. The number of nitro benzene ring substituents is 1. The Labute approximate surface area is 142 Å². The van der Waals surface area contributed by atoms with Crippen molar-refractivity contribution in [2.24, 2.45) is 0 Å². The van der Waals surface area contributed by atoms with Gasteiger partial charge in [-0.15, -0.1) is 11.3 Å². The summed E-state index contributed by atoms with van der Waals surface area (Å²) in [6.07, 6.45) is 0. The van der Waals surface area contributed by atoms with Crippen molar-refractivity contribution in [1.29, 1.82) is 0 Å². The number of fused-ring (bicyclic) bond motifs is 1. The van der Waals surface area contributed by atoms with E-state index in [0.29, 0.717) is 15.4 Å². The SMILES string of the molecule is CC(C)c1ccc2c(N)c(C(=O)c3cccc([N+](=O)[O-])c3)sc2n1. The zero-order valence-electron chi connectivity index (χ0n) is 13.1. The summed E-state index contributed by atoms with van der Waals surface area (Å²) < 4.78 is 0. The molecule has 3 aromatic rings. The van der Waals surface area contributed by atoms with Gasteiger partial charge in [-0.2, -0.15) is 0 Å². The van der Waals surface area contributed by atoms with Gasteiger partial charge in [-0.25, -0.2) is 4.98 Å². The van der Waals surface area contributed by atoms with Crippen LogP contribution in [0.15, 0.2) is 36.4 Å². The zero-order valence-corrected chi connectivity index (χ0v) is 14.0. The lowest BCUT2D eigenvalue weighted by molar-refractivity contribution is -0.384. The first-order valence-electron chi connectivity index (χ1n) is 7.36. The van der Waals surface area contributed by atoms with E-state index in [9.17, 15) is 14.9 Å². The number of nitro groups is 1. The van der Waals surface area contributed by atoms with E-state index in [4.69, 9.17) is 5.73 Å². The van der Waals surface area contributed by atoms with E-state index in [2.05, 4.69) is 4.98 Å². The van der Waals surface area contributed by atoms with Crippen molar-refractivity contribution in [1.82, 2.24) is 4.98 Å². The van der Waals surface area contributed by atoms with E-state index in [1.165, 1.54) is 29.5 Å². The van der Waals surface area contributed by atoms with Gasteiger partial charge >= 0.3 is 0 Å². The van der Waals surface area contributed by atoms with Crippen LogP contribution in [0.25, 0.3) is 10.2 Å². The van der Waals surface area contributed by atoms with Crippen molar-refractivity contribution < 1.29 is 9.72 Å². The molecule has 0 unspecified atom stereocenters. The van der Waals surface area contributed by atoms with Crippen molar-refractivity contribution in [2.45, 2.75) is 19.8 Å². The molecule has 6 nitrogen and oxygen atoms in total. The van der Waals surface area contributed by atoms with E-state index >= 15 is 0 Å². The van der Waals surface area contributed by atoms with Crippen molar-refractivity contribution >= 4 is 38.7 Å². The largest absolute Gasteiger partial charge is 0.397 e. The third-order valence-corrected chi connectivity index (χ3v) is 4.85. The Kier molecular flexibility index (Phi) is 4.02. The van der Waals surface area contributed by atoms with Crippen LogP contribution in [0.5, 0.6) is 0 Å². The minimum Gasteiger partial charge on any atom is -0.397 e. The molecule has 122 valence electrons. The Balaban J connectivity index is 2.08. The first kappa shape index (κ1) is 16.1. The number of nitrogens with two attached hydrogens (primary N) is 1. The molecule has 2 heterocycles. The topological polar surface area (TPSA) is 99.1 Å². The Morgan fingerprint density at radius 3 is 2.71 bits per heavy atom. The summed E-state index contributed by atoms with van der Waals surface area (Å²) in [5, 5.41) is 11.6. The maximum Gasteiger partial charge on any atom is 0.270 e. The summed E-state index contributed by atoms with van der Waals surface area (Å²) in [6, 6.07) is 9.42. The molecule has 0 saturated carbocycles. The summed E-state index contributed by atoms with van der Waals surface area (Å²) in [7, 11) is 0. The van der Waals surface area contributed by atoms with Crippen LogP contribution in [0, 0.1) is 10.1 Å². The number of hydrogen-bond acceptors (Lipinski definition) is 6. The fraction of sp³-hybridized carbons (Fsp3) is 0.176. The molecule has 0 saturated heterocycles. The number of rotatable bonds is 4. The molecular weight excluding hydrogens is 326 g/mol. The van der Waals surface area contributed by atoms with Gasteiger partial charge in [0.15, 0.2) is 0 Å². The molecular formula is C17H15N3O3S. The van der Waals surface area contributed by atoms with Gasteiger partial charge in [0.25, 0.3) is 5.69 Å². The molecule has 3 rings (SSSR count). The number of hydrogen-bond donors (Lipinski definition) is 1. The van der Waals surface area contributed by atoms with Gasteiger partial charge in [0.1, 0.15) is 9.71 Å². The first-order valence-corrected chi connectivity index (χ1v) is 8.18. The molecule has 0 atom stereocenters. The van der Waals surface area contributed by atoms with Crippen LogP contribution in [0.3, 0.4) is 0 Å². The molecule has 0 aliphatic rings. The fourth-order valence-corrected chi connectivity index (χ4v) is 3.46. The van der Waals surface area contributed by atoms with Crippen LogP contribution in [0.1, 0.15) is 40.7 Å². The summed E-state index contributed by atoms with van der Waals surface area (Å²) >= 11 is 1.22. The second kappa shape index (κ2) is 6.01. The van der Waals surface area contributed by atoms with E-state index in [1.807, 2.05) is 26.0 Å². The summed E-state index contributed by atoms with van der Waals surface area (Å²) in [5.41, 5.74) is 7.53. The lowest BCUT2D eigenvalue weighted by Crippen LogP contribution is -2.02. The van der Waals surface area contributed by atoms with Crippen LogP contribution in [0.2, 0.25) is 0 Å². The highest BCUT2D eigenvalue weighted by molar-refractivity contribution is 7.21. The van der Waals surface area contributed by atoms with Gasteiger partial charge in [0, 0.05) is 28.8 Å². The first-order chi connectivity index (χ1) is 11.4. The van der Waals surface area contributed by atoms with Crippen molar-refractivity contribution in [3.63, 3.8) is 0 Å². The lowest BCUT2D eigenvalue weighted by atomic mass is 10.1. The molecule has 2 aromatic heterocycles. The van der Waals surface area contributed by atoms with Gasteiger partial charge in [-0.3, -0.25) is 14.9 Å². The third kappa shape index (κ3) is 2.74. The van der Waals surface area contributed by atoms with Gasteiger partial charge in [0.2, 0.25) is 5.78 Å². The predicted octanol–water partition coefficient (Wildman–Crippen LogP) is 4.14. The van der Waals surface area contributed by atoms with Crippen LogP contribution in [0.4, 0.5) is 11.4 Å².